The number of alkyl halides is 6. The number of pyridine rings is 1. The number of nitrogens with zero attached hydrogens (tertiary/aromatic N) is 4. The maximum absolute atomic E-state index is 15.2. The van der Waals surface area contributed by atoms with Gasteiger partial charge in [0.05, 0.1) is 17.6 Å². The number of hydrogen-bond acceptors (Lipinski definition) is 7. The van der Waals surface area contributed by atoms with Crippen molar-refractivity contribution < 1.29 is 45.5 Å². The van der Waals surface area contributed by atoms with Crippen LogP contribution in [0.2, 0.25) is 5.02 Å². The van der Waals surface area contributed by atoms with Crippen LogP contribution in [-0.2, 0) is 28.4 Å². The number of rotatable bonds is 9. The fourth-order valence-electron chi connectivity index (χ4n) is 6.95. The third-order valence-corrected chi connectivity index (χ3v) is 10.3. The topological polar surface area (TPSA) is 116 Å². The summed E-state index contributed by atoms with van der Waals surface area (Å²) < 4.78 is 89.6. The molecule has 1 saturated heterocycles. The van der Waals surface area contributed by atoms with Gasteiger partial charge in [0.15, 0.2) is 6.19 Å². The standard InChI is InChI=1S/C34H32ClF6N5O4S/c1-2-5-26-32(50-22-17-27(51-18-22)34(39,40)41,12-4-14-46(26)30(48)29-24(33(36,37)38)6-3-13-43-29)31(49)45-15-11-20-16-21(35)7-8-23(20)25(45)9-10-28(47)44-19-42/h3,6-8,13,16-18,25-26H,2,4-5,9-12,14-15H2,1H3,(H,44,47)/t25-,26+,32-/m0/s1. The number of benzene rings is 1. The number of hydrogen-bond donors (Lipinski definition) is 1. The number of carbonyl (C=O) groups is 3. The van der Waals surface area contributed by atoms with Crippen LogP contribution in [0.4, 0.5) is 26.3 Å². The highest BCUT2D eigenvalue weighted by atomic mass is 35.5. The van der Waals surface area contributed by atoms with Crippen LogP contribution in [0.15, 0.2) is 48.0 Å². The van der Waals surface area contributed by atoms with Gasteiger partial charge in [0.1, 0.15) is 16.3 Å². The lowest BCUT2D eigenvalue weighted by Crippen LogP contribution is -2.68. The molecule has 1 fully saturated rings. The molecule has 3 amide bonds. The Kier molecular flexibility index (Phi) is 11.2. The first-order valence-corrected chi connectivity index (χ1v) is 17.3. The SMILES string of the molecule is CCC[C@H]1N(C(=O)c2ncccc2C(F)(F)F)CCC[C@@]1(Oc1csc(C(F)(F)F)c1)C(=O)N1CCc2cc(Cl)ccc2[C@@H]1CCC(=O)NC#N. The number of halogens is 7. The highest BCUT2D eigenvalue weighted by Crippen LogP contribution is 2.45. The van der Waals surface area contributed by atoms with Gasteiger partial charge in [-0.1, -0.05) is 31.0 Å². The Bertz CT molecular complexity index is 1830. The number of likely N-dealkylation sites (tertiary alicyclic amines) is 1. The maximum Gasteiger partial charge on any atom is 0.425 e. The molecule has 1 N–H and O–H groups in total. The van der Waals surface area contributed by atoms with E-state index in [9.17, 15) is 35.9 Å². The van der Waals surface area contributed by atoms with Crippen molar-refractivity contribution in [3.8, 4) is 11.9 Å². The Morgan fingerprint density at radius 3 is 2.53 bits per heavy atom. The number of carbonyl (C=O) groups excluding carboxylic acids is 3. The summed E-state index contributed by atoms with van der Waals surface area (Å²) in [6.45, 7) is 1.72. The first kappa shape index (κ1) is 37.9. The van der Waals surface area contributed by atoms with E-state index < -0.39 is 63.9 Å². The van der Waals surface area contributed by atoms with Crippen LogP contribution in [0.25, 0.3) is 0 Å². The highest BCUT2D eigenvalue weighted by molar-refractivity contribution is 7.10. The van der Waals surface area contributed by atoms with E-state index in [-0.39, 0.29) is 50.9 Å². The average Bonchev–Trinajstić information content (AvgIpc) is 3.56. The molecule has 2 aliphatic rings. The lowest BCUT2D eigenvalue weighted by Gasteiger charge is -2.51. The van der Waals surface area contributed by atoms with E-state index in [1.54, 1.807) is 31.3 Å². The van der Waals surface area contributed by atoms with Crippen molar-refractivity contribution in [2.75, 3.05) is 13.1 Å². The highest BCUT2D eigenvalue weighted by Gasteiger charge is 2.57. The molecule has 1 aromatic carbocycles. The molecule has 272 valence electrons. The number of nitrogens with one attached hydrogen (secondary N) is 1. The van der Waals surface area contributed by atoms with Crippen molar-refractivity contribution in [3.63, 3.8) is 0 Å². The molecule has 0 spiro atoms. The number of ether oxygens (including phenoxy) is 1. The fraction of sp³-hybridized carbons (Fsp3) is 0.441. The summed E-state index contributed by atoms with van der Waals surface area (Å²) in [4.78, 5) is 47.0. The van der Waals surface area contributed by atoms with Gasteiger partial charge in [0.2, 0.25) is 11.5 Å². The van der Waals surface area contributed by atoms with Crippen molar-refractivity contribution in [2.45, 2.75) is 81.9 Å². The minimum atomic E-state index is -4.93. The van der Waals surface area contributed by atoms with Crippen LogP contribution < -0.4 is 10.1 Å². The van der Waals surface area contributed by atoms with Gasteiger partial charge in [-0.15, -0.1) is 11.3 Å². The van der Waals surface area contributed by atoms with E-state index in [0.717, 1.165) is 40.2 Å². The molecule has 3 aromatic rings. The molecule has 5 rings (SSSR count). The molecular formula is C34H32ClF6N5O4S. The van der Waals surface area contributed by atoms with Gasteiger partial charge in [-0.25, -0.2) is 0 Å². The Morgan fingerprint density at radius 1 is 1.10 bits per heavy atom. The number of amides is 3. The smallest absolute Gasteiger partial charge is 0.425 e. The van der Waals surface area contributed by atoms with Gasteiger partial charge in [-0.3, -0.25) is 24.7 Å². The molecule has 0 saturated carbocycles. The number of piperidine rings is 1. The van der Waals surface area contributed by atoms with E-state index in [4.69, 9.17) is 21.6 Å². The predicted octanol–water partition coefficient (Wildman–Crippen LogP) is 7.56. The summed E-state index contributed by atoms with van der Waals surface area (Å²) in [5, 5.41) is 12.5. The molecule has 2 aromatic heterocycles. The zero-order valence-electron chi connectivity index (χ0n) is 27.1. The summed E-state index contributed by atoms with van der Waals surface area (Å²) in [5.41, 5.74) is -2.77. The number of fused-ring (bicyclic) bond motifs is 1. The van der Waals surface area contributed by atoms with Gasteiger partial charge >= 0.3 is 12.4 Å². The molecule has 3 atom stereocenters. The lowest BCUT2D eigenvalue weighted by atomic mass is 9.78. The molecule has 17 heteroatoms. The minimum absolute atomic E-state index is 0.0323. The second-order valence-electron chi connectivity index (χ2n) is 12.2. The van der Waals surface area contributed by atoms with Crippen LogP contribution in [-0.4, -0.2) is 57.2 Å². The van der Waals surface area contributed by atoms with E-state index in [2.05, 4.69) is 4.98 Å². The number of aromatic nitrogens is 1. The largest absolute Gasteiger partial charge is 0.474 e. The Labute approximate surface area is 298 Å². The Hall–Kier alpha value is -4.36. The first-order chi connectivity index (χ1) is 24.1. The van der Waals surface area contributed by atoms with Crippen molar-refractivity contribution in [1.29, 1.82) is 5.26 Å². The molecule has 0 bridgehead atoms. The minimum Gasteiger partial charge on any atom is -0.474 e. The molecule has 2 aliphatic heterocycles. The zero-order valence-corrected chi connectivity index (χ0v) is 28.7. The van der Waals surface area contributed by atoms with E-state index >= 15 is 4.79 Å². The molecule has 51 heavy (non-hydrogen) atoms. The quantitative estimate of drug-likeness (QED) is 0.137. The summed E-state index contributed by atoms with van der Waals surface area (Å²) in [6.07, 6.45) is -6.56. The number of nitriles is 1. The second kappa shape index (κ2) is 15.1. The second-order valence-corrected chi connectivity index (χ2v) is 13.6. The average molecular weight is 756 g/mol. The van der Waals surface area contributed by atoms with Crippen LogP contribution in [0.1, 0.15) is 83.5 Å². The van der Waals surface area contributed by atoms with Crippen LogP contribution in [0.5, 0.6) is 5.75 Å². The van der Waals surface area contributed by atoms with Crippen molar-refractivity contribution in [1.82, 2.24) is 20.1 Å². The summed E-state index contributed by atoms with van der Waals surface area (Å²) in [5.74, 6) is -2.71. The van der Waals surface area contributed by atoms with Gasteiger partial charge in [0, 0.05) is 48.6 Å². The van der Waals surface area contributed by atoms with Crippen LogP contribution in [0.3, 0.4) is 0 Å². The van der Waals surface area contributed by atoms with Gasteiger partial charge in [-0.2, -0.15) is 31.6 Å². The van der Waals surface area contributed by atoms with E-state index in [0.29, 0.717) is 34.8 Å². The van der Waals surface area contributed by atoms with E-state index in [1.165, 1.54) is 4.90 Å². The van der Waals surface area contributed by atoms with E-state index in [1.807, 2.05) is 5.32 Å². The number of thiophene rings is 1. The molecule has 4 heterocycles. The van der Waals surface area contributed by atoms with Gasteiger partial charge < -0.3 is 14.5 Å². The van der Waals surface area contributed by atoms with Crippen LogP contribution >= 0.6 is 22.9 Å². The Balaban J connectivity index is 1.64. The molecule has 9 nitrogen and oxygen atoms in total. The Morgan fingerprint density at radius 2 is 1.86 bits per heavy atom. The molecule has 0 aliphatic carbocycles. The summed E-state index contributed by atoms with van der Waals surface area (Å²) in [6, 6.07) is 5.53. The van der Waals surface area contributed by atoms with Gasteiger partial charge in [-0.05, 0) is 61.1 Å². The fourth-order valence-corrected chi connectivity index (χ4v) is 7.82. The van der Waals surface area contributed by atoms with Crippen molar-refractivity contribution >= 4 is 40.7 Å². The van der Waals surface area contributed by atoms with Gasteiger partial charge in [0.25, 0.3) is 11.8 Å². The molecular weight excluding hydrogens is 724 g/mol. The lowest BCUT2D eigenvalue weighted by molar-refractivity contribution is -0.163. The van der Waals surface area contributed by atoms with Crippen molar-refractivity contribution in [3.05, 3.63) is 80.3 Å². The summed E-state index contributed by atoms with van der Waals surface area (Å²) >= 11 is 6.61. The monoisotopic (exact) mass is 755 g/mol. The maximum atomic E-state index is 15.2. The molecule has 0 radical (unpaired) electrons. The predicted molar refractivity (Wildman–Crippen MR) is 173 cm³/mol. The van der Waals surface area contributed by atoms with Crippen LogP contribution in [0, 0.1) is 11.5 Å². The zero-order chi connectivity index (χ0) is 37.1. The first-order valence-electron chi connectivity index (χ1n) is 16.1. The third kappa shape index (κ3) is 7.94. The summed E-state index contributed by atoms with van der Waals surface area (Å²) in [7, 11) is 0. The third-order valence-electron chi connectivity index (χ3n) is 9.08. The molecule has 0 unspecified atom stereocenters. The van der Waals surface area contributed by atoms with Crippen molar-refractivity contribution in [2.24, 2.45) is 0 Å². The normalized spacial score (nSPS) is 20.7.